The van der Waals surface area contributed by atoms with Gasteiger partial charge in [-0.2, -0.15) is 0 Å². The predicted octanol–water partition coefficient (Wildman–Crippen LogP) is 0.211. The summed E-state index contributed by atoms with van der Waals surface area (Å²) in [7, 11) is 0. The first kappa shape index (κ1) is 5.39. The molecule has 0 rings (SSSR count). The summed E-state index contributed by atoms with van der Waals surface area (Å²) in [5, 5.41) is 0. The van der Waals surface area contributed by atoms with E-state index in [1.807, 2.05) is 0 Å². The monoisotopic (exact) mass is 154 g/mol. The van der Waals surface area contributed by atoms with Crippen LogP contribution in [0.25, 0.3) is 0 Å². The van der Waals surface area contributed by atoms with E-state index in [2.05, 4.69) is 0 Å². The van der Waals surface area contributed by atoms with Gasteiger partial charge in [-0.25, -0.2) is 0 Å². The molecule has 0 heterocycles. The van der Waals surface area contributed by atoms with E-state index >= 15 is 0 Å². The standard InChI is InChI=1S/C2H4AsClO/c4-2-1-3-5/h1-2H,3H2. The van der Waals surface area contributed by atoms with Crippen LogP contribution in [0.5, 0.6) is 0 Å². The molecule has 0 aliphatic carbocycles. The Morgan fingerprint density at radius 3 is 2.40 bits per heavy atom. The molecule has 0 aromatic heterocycles. The molecule has 0 aliphatic rings. The molecule has 0 aliphatic heterocycles. The van der Waals surface area contributed by atoms with Crippen molar-refractivity contribution in [2.45, 2.75) is 0 Å². The van der Waals surface area contributed by atoms with Crippen molar-refractivity contribution in [2.75, 3.05) is 0 Å². The molecule has 0 amide bonds. The third-order valence-corrected chi connectivity index (χ3v) is 1.54. The predicted molar refractivity (Wildman–Crippen MR) is 24.2 cm³/mol. The Morgan fingerprint density at radius 1 is 1.80 bits per heavy atom. The van der Waals surface area contributed by atoms with Gasteiger partial charge in [0.05, 0.1) is 0 Å². The summed E-state index contributed by atoms with van der Waals surface area (Å²) in [5.41, 5.74) is 1.28. The second-order valence-corrected chi connectivity index (χ2v) is 2.09. The SMILES string of the molecule is O=[AsH2]C=CCl. The van der Waals surface area contributed by atoms with Crippen molar-refractivity contribution >= 4 is 27.3 Å². The van der Waals surface area contributed by atoms with Crippen LogP contribution in [0, 0.1) is 0 Å². The fraction of sp³-hybridized carbons (Fsp3) is 0. The first-order valence-electron chi connectivity index (χ1n) is 1.12. The molecule has 0 fully saturated rings. The molecule has 0 spiro atoms. The molecular weight excluding hydrogens is 150 g/mol. The zero-order valence-electron chi connectivity index (χ0n) is 2.52. The van der Waals surface area contributed by atoms with E-state index in [4.69, 9.17) is 11.6 Å². The fourth-order valence-corrected chi connectivity index (χ4v) is 0.463. The van der Waals surface area contributed by atoms with Crippen molar-refractivity contribution in [1.82, 2.24) is 0 Å². The van der Waals surface area contributed by atoms with Gasteiger partial charge in [0, 0.05) is 0 Å². The summed E-state index contributed by atoms with van der Waals surface area (Å²) < 4.78 is 9.51. The molecule has 30 valence electrons. The van der Waals surface area contributed by atoms with Crippen LogP contribution < -0.4 is 0 Å². The zero-order valence-corrected chi connectivity index (χ0v) is 5.70. The minimum absolute atomic E-state index is 1.26. The summed E-state index contributed by atoms with van der Waals surface area (Å²) in [6, 6.07) is 0. The third kappa shape index (κ3) is 4.39. The van der Waals surface area contributed by atoms with E-state index in [0.29, 0.717) is 0 Å². The molecule has 0 N–H and O–H groups in total. The second kappa shape index (κ2) is 4.39. The second-order valence-electron chi connectivity index (χ2n) is 0.455. The van der Waals surface area contributed by atoms with E-state index < -0.39 is 15.7 Å². The fourth-order valence-electron chi connectivity index (χ4n) is 0.0297. The van der Waals surface area contributed by atoms with Crippen molar-refractivity contribution in [2.24, 2.45) is 0 Å². The van der Waals surface area contributed by atoms with E-state index in [0.717, 1.165) is 0 Å². The summed E-state index contributed by atoms with van der Waals surface area (Å²) in [5.74, 6) is 0. The van der Waals surface area contributed by atoms with Gasteiger partial charge in [-0.1, -0.05) is 0 Å². The topological polar surface area (TPSA) is 17.1 Å². The van der Waals surface area contributed by atoms with Crippen molar-refractivity contribution in [3.05, 3.63) is 10.4 Å². The van der Waals surface area contributed by atoms with Gasteiger partial charge in [0.25, 0.3) is 0 Å². The van der Waals surface area contributed by atoms with E-state index in [-0.39, 0.29) is 0 Å². The summed E-state index contributed by atoms with van der Waals surface area (Å²) in [6.45, 7) is 0. The molecule has 0 aromatic carbocycles. The Kier molecular flexibility index (Phi) is 4.73. The Hall–Kier alpha value is 0.388. The van der Waals surface area contributed by atoms with Crippen molar-refractivity contribution in [3.8, 4) is 0 Å². The Morgan fingerprint density at radius 2 is 2.40 bits per heavy atom. The molecule has 0 saturated heterocycles. The van der Waals surface area contributed by atoms with Gasteiger partial charge >= 0.3 is 41.4 Å². The number of hydrogen-bond donors (Lipinski definition) is 0. The number of halogens is 1. The summed E-state index contributed by atoms with van der Waals surface area (Å²) in [4.78, 5) is 1.49. The van der Waals surface area contributed by atoms with Gasteiger partial charge in [0.2, 0.25) is 0 Å². The first-order chi connectivity index (χ1) is 2.41. The average molecular weight is 154 g/mol. The molecule has 0 saturated carbocycles. The van der Waals surface area contributed by atoms with Crippen LogP contribution in [0.2, 0.25) is 0 Å². The van der Waals surface area contributed by atoms with Crippen LogP contribution in [0.4, 0.5) is 0 Å². The van der Waals surface area contributed by atoms with Crippen molar-refractivity contribution in [1.29, 1.82) is 0 Å². The molecule has 1 nitrogen and oxygen atoms in total. The van der Waals surface area contributed by atoms with Gasteiger partial charge < -0.3 is 0 Å². The van der Waals surface area contributed by atoms with E-state index in [1.54, 1.807) is 0 Å². The summed E-state index contributed by atoms with van der Waals surface area (Å²) in [6.07, 6.45) is 0. The molecule has 1 atom stereocenters. The van der Waals surface area contributed by atoms with Gasteiger partial charge in [0.15, 0.2) is 0 Å². The van der Waals surface area contributed by atoms with Crippen LogP contribution >= 0.6 is 11.6 Å². The van der Waals surface area contributed by atoms with Crippen molar-refractivity contribution < 1.29 is 3.74 Å². The average Bonchev–Trinajstić information content (AvgIpc) is 1.41. The van der Waals surface area contributed by atoms with E-state index in [1.165, 1.54) is 10.4 Å². The molecule has 5 heavy (non-hydrogen) atoms. The Bertz CT molecular complexity index is 51.6. The number of hydrogen-bond acceptors (Lipinski definition) is 1. The number of rotatable bonds is 1. The maximum atomic E-state index is 9.51. The quantitative estimate of drug-likeness (QED) is 0.494. The molecule has 0 aromatic rings. The maximum absolute atomic E-state index is 9.51. The third-order valence-electron chi connectivity index (χ3n) is 0.151. The normalized spacial score (nSPS) is 12.2. The van der Waals surface area contributed by atoms with Gasteiger partial charge in [-0.3, -0.25) is 0 Å². The van der Waals surface area contributed by atoms with Crippen LogP contribution in [0.15, 0.2) is 10.4 Å². The Balaban J connectivity index is 2.92. The van der Waals surface area contributed by atoms with Crippen LogP contribution in [-0.2, 0) is 3.74 Å². The van der Waals surface area contributed by atoms with Gasteiger partial charge in [-0.15, -0.1) is 0 Å². The van der Waals surface area contributed by atoms with Gasteiger partial charge in [-0.05, 0) is 0 Å². The Labute approximate surface area is 41.9 Å². The van der Waals surface area contributed by atoms with E-state index in [9.17, 15) is 3.74 Å². The summed E-state index contributed by atoms with van der Waals surface area (Å²) >= 11 is 3.70. The zero-order chi connectivity index (χ0) is 4.12. The molecule has 0 radical (unpaired) electrons. The minimum atomic E-state index is -1.26. The molecule has 0 bridgehead atoms. The molecule has 1 unspecified atom stereocenters. The molecule has 3 heteroatoms. The van der Waals surface area contributed by atoms with Crippen molar-refractivity contribution in [3.63, 3.8) is 0 Å². The first-order valence-corrected chi connectivity index (χ1v) is 3.94. The molecular formula is C2H4AsClO. The van der Waals surface area contributed by atoms with Gasteiger partial charge in [0.1, 0.15) is 0 Å². The van der Waals surface area contributed by atoms with Crippen LogP contribution in [0.3, 0.4) is 0 Å². The van der Waals surface area contributed by atoms with Crippen LogP contribution in [-0.4, -0.2) is 15.7 Å². The van der Waals surface area contributed by atoms with Crippen LogP contribution in [0.1, 0.15) is 0 Å².